The molecule has 0 aliphatic rings. The van der Waals surface area contributed by atoms with Gasteiger partial charge >= 0.3 is 0 Å². The van der Waals surface area contributed by atoms with E-state index in [1.165, 1.54) is 12.8 Å². The molecule has 1 heteroatoms. The molecule has 50 valence electrons. The molecule has 0 rings (SSSR count). The summed E-state index contributed by atoms with van der Waals surface area (Å²) in [5, 5.41) is 0.981. The second-order valence-electron chi connectivity index (χ2n) is 2.32. The SMILES string of the molecule is CCC(CC)[S+](C)C. The lowest BCUT2D eigenvalue weighted by Gasteiger charge is -2.06. The first-order valence-electron chi connectivity index (χ1n) is 3.28. The molecule has 0 saturated heterocycles. The maximum absolute atomic E-state index is 2.33. The molecule has 0 bridgehead atoms. The maximum Gasteiger partial charge on any atom is 0.117 e. The van der Waals surface area contributed by atoms with Gasteiger partial charge < -0.3 is 0 Å². The lowest BCUT2D eigenvalue weighted by molar-refractivity contribution is 0.788. The van der Waals surface area contributed by atoms with Crippen molar-refractivity contribution in [1.82, 2.24) is 0 Å². The number of hydrogen-bond acceptors (Lipinski definition) is 0. The molecule has 8 heavy (non-hydrogen) atoms. The minimum absolute atomic E-state index is 0.647. The van der Waals surface area contributed by atoms with Crippen LogP contribution < -0.4 is 0 Å². The van der Waals surface area contributed by atoms with Crippen LogP contribution in [-0.2, 0) is 10.9 Å². The van der Waals surface area contributed by atoms with E-state index in [-0.39, 0.29) is 0 Å². The average Bonchev–Trinajstić information content (AvgIpc) is 1.69. The number of rotatable bonds is 3. The highest BCUT2D eigenvalue weighted by atomic mass is 32.2. The first kappa shape index (κ1) is 8.35. The zero-order chi connectivity index (χ0) is 6.57. The fraction of sp³-hybridized carbons (Fsp3) is 1.00. The lowest BCUT2D eigenvalue weighted by atomic mass is 10.3. The summed E-state index contributed by atoms with van der Waals surface area (Å²) in [6, 6.07) is 0. The van der Waals surface area contributed by atoms with E-state index >= 15 is 0 Å². The zero-order valence-electron chi connectivity index (χ0n) is 6.40. The Labute approximate surface area is 56.0 Å². The summed E-state index contributed by atoms with van der Waals surface area (Å²) >= 11 is 0. The van der Waals surface area contributed by atoms with E-state index < -0.39 is 0 Å². The van der Waals surface area contributed by atoms with Crippen LogP contribution in [0.15, 0.2) is 0 Å². The fourth-order valence-corrected chi connectivity index (χ4v) is 2.29. The smallest absolute Gasteiger partial charge is 0.0606 e. The van der Waals surface area contributed by atoms with Gasteiger partial charge in [0.15, 0.2) is 0 Å². The first-order chi connectivity index (χ1) is 3.72. The van der Waals surface area contributed by atoms with Crippen molar-refractivity contribution in [2.75, 3.05) is 12.5 Å². The Balaban J connectivity index is 3.35. The van der Waals surface area contributed by atoms with Crippen molar-refractivity contribution in [3.05, 3.63) is 0 Å². The summed E-state index contributed by atoms with van der Waals surface area (Å²) in [6.07, 6.45) is 7.37. The third-order valence-electron chi connectivity index (χ3n) is 1.58. The highest BCUT2D eigenvalue weighted by Crippen LogP contribution is 2.07. The molecule has 0 unspecified atom stereocenters. The average molecular weight is 133 g/mol. The van der Waals surface area contributed by atoms with Crippen molar-refractivity contribution in [2.24, 2.45) is 0 Å². The Kier molecular flexibility index (Phi) is 4.44. The quantitative estimate of drug-likeness (QED) is 0.517. The van der Waals surface area contributed by atoms with E-state index in [1.807, 2.05) is 0 Å². The van der Waals surface area contributed by atoms with Crippen molar-refractivity contribution in [3.63, 3.8) is 0 Å². The topological polar surface area (TPSA) is 0 Å². The Hall–Kier alpha value is 0.350. The molecule has 0 aromatic heterocycles. The molecule has 0 saturated carbocycles. The molecule has 0 N–H and O–H groups in total. The fourth-order valence-electron chi connectivity index (χ4n) is 0.955. The molecular formula is C7H17S+. The van der Waals surface area contributed by atoms with Gasteiger partial charge in [0.25, 0.3) is 0 Å². The van der Waals surface area contributed by atoms with Crippen LogP contribution in [0.5, 0.6) is 0 Å². The number of hydrogen-bond donors (Lipinski definition) is 0. The van der Waals surface area contributed by atoms with Gasteiger partial charge in [0.2, 0.25) is 0 Å². The second-order valence-corrected chi connectivity index (χ2v) is 4.74. The van der Waals surface area contributed by atoms with Crippen LogP contribution in [0.3, 0.4) is 0 Å². The van der Waals surface area contributed by atoms with Crippen molar-refractivity contribution < 1.29 is 0 Å². The summed E-state index contributed by atoms with van der Waals surface area (Å²) in [6.45, 7) is 4.56. The van der Waals surface area contributed by atoms with Gasteiger partial charge in [0.1, 0.15) is 5.25 Å². The van der Waals surface area contributed by atoms with Crippen molar-refractivity contribution in [1.29, 1.82) is 0 Å². The Morgan fingerprint density at radius 2 is 1.50 bits per heavy atom. The largest absolute Gasteiger partial charge is 0.117 e. The Morgan fingerprint density at radius 1 is 1.12 bits per heavy atom. The van der Waals surface area contributed by atoms with Crippen molar-refractivity contribution >= 4 is 10.9 Å². The minimum Gasteiger partial charge on any atom is -0.0606 e. The predicted molar refractivity (Wildman–Crippen MR) is 43.6 cm³/mol. The maximum atomic E-state index is 2.33. The van der Waals surface area contributed by atoms with E-state index in [9.17, 15) is 0 Å². The van der Waals surface area contributed by atoms with Gasteiger partial charge in [-0.1, -0.05) is 13.8 Å². The summed E-state index contributed by atoms with van der Waals surface area (Å²) in [7, 11) is 0.647. The van der Waals surface area contributed by atoms with Gasteiger partial charge in [-0.2, -0.15) is 0 Å². The predicted octanol–water partition coefficient (Wildman–Crippen LogP) is 2.05. The summed E-state index contributed by atoms with van der Waals surface area (Å²) in [5.74, 6) is 0. The van der Waals surface area contributed by atoms with Gasteiger partial charge in [-0.05, 0) is 23.7 Å². The standard InChI is InChI=1S/C7H17S/c1-5-7(6-2)8(3)4/h7H,5-6H2,1-4H3/q+1. The molecule has 0 fully saturated rings. The molecule has 0 amide bonds. The molecule has 0 aromatic carbocycles. The van der Waals surface area contributed by atoms with Crippen LogP contribution in [0.25, 0.3) is 0 Å². The van der Waals surface area contributed by atoms with Crippen molar-refractivity contribution in [3.8, 4) is 0 Å². The van der Waals surface area contributed by atoms with Crippen LogP contribution in [0, 0.1) is 0 Å². The third-order valence-corrected chi connectivity index (χ3v) is 3.58. The van der Waals surface area contributed by atoms with Gasteiger partial charge in [0, 0.05) is 0 Å². The molecule has 0 nitrogen and oxygen atoms in total. The highest BCUT2D eigenvalue weighted by Gasteiger charge is 2.15. The lowest BCUT2D eigenvalue weighted by Crippen LogP contribution is -2.16. The molecule has 0 spiro atoms. The molecule has 0 aliphatic carbocycles. The van der Waals surface area contributed by atoms with Gasteiger partial charge in [-0.15, -0.1) is 0 Å². The zero-order valence-corrected chi connectivity index (χ0v) is 7.22. The van der Waals surface area contributed by atoms with E-state index in [4.69, 9.17) is 0 Å². The molecule has 0 atom stereocenters. The van der Waals surface area contributed by atoms with E-state index in [0.717, 1.165) is 5.25 Å². The third kappa shape index (κ3) is 2.61. The first-order valence-corrected chi connectivity index (χ1v) is 5.39. The van der Waals surface area contributed by atoms with Crippen molar-refractivity contribution in [2.45, 2.75) is 31.9 Å². The summed E-state index contributed by atoms with van der Waals surface area (Å²) in [5.41, 5.74) is 0. The summed E-state index contributed by atoms with van der Waals surface area (Å²) in [4.78, 5) is 0. The van der Waals surface area contributed by atoms with Gasteiger partial charge in [-0.25, -0.2) is 0 Å². The Bertz CT molecular complexity index is 46.3. The molecule has 0 heterocycles. The highest BCUT2D eigenvalue weighted by molar-refractivity contribution is 7.96. The summed E-state index contributed by atoms with van der Waals surface area (Å²) < 4.78 is 0. The molecule has 0 aromatic rings. The second kappa shape index (κ2) is 4.25. The Morgan fingerprint density at radius 3 is 1.50 bits per heavy atom. The van der Waals surface area contributed by atoms with Crippen LogP contribution in [0.4, 0.5) is 0 Å². The molecule has 0 radical (unpaired) electrons. The van der Waals surface area contributed by atoms with Gasteiger partial charge in [0.05, 0.1) is 12.5 Å². The normalized spacial score (nSPS) is 11.2. The van der Waals surface area contributed by atoms with Crippen LogP contribution in [0.2, 0.25) is 0 Å². The van der Waals surface area contributed by atoms with E-state index in [2.05, 4.69) is 26.4 Å². The van der Waals surface area contributed by atoms with Gasteiger partial charge in [-0.3, -0.25) is 0 Å². The van der Waals surface area contributed by atoms with E-state index in [1.54, 1.807) is 0 Å². The van der Waals surface area contributed by atoms with Crippen LogP contribution in [-0.4, -0.2) is 17.8 Å². The van der Waals surface area contributed by atoms with E-state index in [0.29, 0.717) is 10.9 Å². The van der Waals surface area contributed by atoms with Crippen LogP contribution >= 0.6 is 0 Å². The molecule has 0 aliphatic heterocycles. The van der Waals surface area contributed by atoms with Crippen LogP contribution in [0.1, 0.15) is 26.7 Å². The molecular weight excluding hydrogens is 116 g/mol. The minimum atomic E-state index is 0.647. The monoisotopic (exact) mass is 133 g/mol.